The van der Waals surface area contributed by atoms with E-state index in [-0.39, 0.29) is 0 Å². The van der Waals surface area contributed by atoms with Crippen molar-refractivity contribution in [1.82, 2.24) is 14.8 Å². The van der Waals surface area contributed by atoms with Crippen molar-refractivity contribution in [3.63, 3.8) is 0 Å². The number of nitrogens with two attached hydrogens (primary N) is 1. The third kappa shape index (κ3) is 2.05. The molecule has 1 aromatic rings. The molecule has 1 aliphatic carbocycles. The summed E-state index contributed by atoms with van der Waals surface area (Å²) >= 11 is 0. The van der Waals surface area contributed by atoms with E-state index in [0.717, 1.165) is 18.4 Å². The first-order valence-corrected chi connectivity index (χ1v) is 5.40. The van der Waals surface area contributed by atoms with Crippen LogP contribution >= 0.6 is 0 Å². The normalized spacial score (nSPS) is 27.8. The van der Waals surface area contributed by atoms with E-state index in [2.05, 4.69) is 17.0 Å². The smallest absolute Gasteiger partial charge is 0.239 e. The van der Waals surface area contributed by atoms with Gasteiger partial charge in [-0.2, -0.15) is 0 Å². The molecule has 0 aliphatic heterocycles. The first-order chi connectivity index (χ1) is 6.75. The molecule has 1 saturated carbocycles. The Kier molecular flexibility index (Phi) is 2.70. The van der Waals surface area contributed by atoms with Crippen LogP contribution in [0.5, 0.6) is 0 Å². The van der Waals surface area contributed by atoms with E-state index >= 15 is 0 Å². The largest absolute Gasteiger partial charge is 0.367 e. The summed E-state index contributed by atoms with van der Waals surface area (Å²) in [7, 11) is 0. The van der Waals surface area contributed by atoms with Crippen LogP contribution in [0.3, 0.4) is 0 Å². The molecular formula is C10H18N4. The average molecular weight is 194 g/mol. The second kappa shape index (κ2) is 3.98. The van der Waals surface area contributed by atoms with E-state index in [1.165, 1.54) is 25.7 Å². The van der Waals surface area contributed by atoms with Crippen LogP contribution in [0.15, 0.2) is 6.33 Å². The summed E-state index contributed by atoms with van der Waals surface area (Å²) < 4.78 is 1.88. The highest BCUT2D eigenvalue weighted by atomic mass is 15.4. The molecule has 2 N–H and O–H groups in total. The first-order valence-electron chi connectivity index (χ1n) is 5.40. The van der Waals surface area contributed by atoms with Crippen molar-refractivity contribution in [1.29, 1.82) is 0 Å². The van der Waals surface area contributed by atoms with Gasteiger partial charge in [0, 0.05) is 6.54 Å². The fourth-order valence-electron chi connectivity index (χ4n) is 2.30. The van der Waals surface area contributed by atoms with Gasteiger partial charge in [0.1, 0.15) is 6.33 Å². The van der Waals surface area contributed by atoms with Gasteiger partial charge >= 0.3 is 0 Å². The molecule has 1 fully saturated rings. The lowest BCUT2D eigenvalue weighted by molar-refractivity contribution is 0.222. The molecule has 1 heterocycles. The van der Waals surface area contributed by atoms with Crippen LogP contribution in [-0.2, 0) is 6.54 Å². The zero-order valence-electron chi connectivity index (χ0n) is 8.69. The second-order valence-corrected chi connectivity index (χ2v) is 4.35. The molecule has 4 nitrogen and oxygen atoms in total. The summed E-state index contributed by atoms with van der Waals surface area (Å²) in [6.07, 6.45) is 7.16. The maximum Gasteiger partial charge on any atom is 0.239 e. The van der Waals surface area contributed by atoms with Gasteiger partial charge in [-0.25, -0.2) is 4.98 Å². The van der Waals surface area contributed by atoms with Crippen LogP contribution in [0.25, 0.3) is 0 Å². The van der Waals surface area contributed by atoms with Crippen LogP contribution in [-0.4, -0.2) is 14.8 Å². The van der Waals surface area contributed by atoms with Crippen LogP contribution in [0.4, 0.5) is 5.95 Å². The number of hydrogen-bond donors (Lipinski definition) is 1. The van der Waals surface area contributed by atoms with Crippen molar-refractivity contribution in [2.24, 2.45) is 11.8 Å². The first kappa shape index (κ1) is 9.49. The van der Waals surface area contributed by atoms with Crippen molar-refractivity contribution in [3.05, 3.63) is 6.33 Å². The Morgan fingerprint density at radius 1 is 1.50 bits per heavy atom. The molecule has 0 radical (unpaired) electrons. The molecule has 0 saturated heterocycles. The van der Waals surface area contributed by atoms with Gasteiger partial charge in [0.05, 0.1) is 0 Å². The van der Waals surface area contributed by atoms with E-state index in [9.17, 15) is 0 Å². The van der Waals surface area contributed by atoms with Gasteiger partial charge < -0.3 is 5.73 Å². The van der Waals surface area contributed by atoms with Gasteiger partial charge in [-0.3, -0.25) is 4.68 Å². The predicted molar refractivity (Wildman–Crippen MR) is 55.6 cm³/mol. The molecule has 78 valence electrons. The Morgan fingerprint density at radius 3 is 2.93 bits per heavy atom. The highest BCUT2D eigenvalue weighted by Crippen LogP contribution is 2.30. The van der Waals surface area contributed by atoms with Crippen molar-refractivity contribution in [2.75, 3.05) is 5.73 Å². The summed E-state index contributed by atoms with van der Waals surface area (Å²) in [5.74, 6) is 1.95. The summed E-state index contributed by atoms with van der Waals surface area (Å²) in [6, 6.07) is 0. The highest BCUT2D eigenvalue weighted by molar-refractivity contribution is 5.09. The highest BCUT2D eigenvalue weighted by Gasteiger charge is 2.21. The molecule has 1 aromatic heterocycles. The second-order valence-electron chi connectivity index (χ2n) is 4.35. The number of nitrogens with zero attached hydrogens (tertiary/aromatic N) is 3. The summed E-state index contributed by atoms with van der Waals surface area (Å²) in [4.78, 5) is 3.94. The lowest BCUT2D eigenvalue weighted by Gasteiger charge is -2.28. The minimum atomic E-state index is 0.383. The van der Waals surface area contributed by atoms with E-state index < -0.39 is 0 Å². The summed E-state index contributed by atoms with van der Waals surface area (Å²) in [6.45, 7) is 3.31. The van der Waals surface area contributed by atoms with E-state index in [1.807, 2.05) is 4.68 Å². The fraction of sp³-hybridized carbons (Fsp3) is 0.800. The average Bonchev–Trinajstić information content (AvgIpc) is 2.56. The maximum absolute atomic E-state index is 5.48. The standard InChI is InChI=1S/C10H18N4/c1-8-4-2-3-5-9(8)6-14-7-12-10(11)13-14/h7-9H,2-6H2,1H3,(H2,11,13). The Hall–Kier alpha value is -1.06. The molecule has 14 heavy (non-hydrogen) atoms. The summed E-state index contributed by atoms with van der Waals surface area (Å²) in [5.41, 5.74) is 5.48. The molecule has 1 aliphatic rings. The van der Waals surface area contributed by atoms with E-state index in [4.69, 9.17) is 5.73 Å². The fourth-order valence-corrected chi connectivity index (χ4v) is 2.30. The Balaban J connectivity index is 1.95. The number of anilines is 1. The van der Waals surface area contributed by atoms with Gasteiger partial charge in [-0.15, -0.1) is 5.10 Å². The Bertz CT molecular complexity index is 294. The molecule has 0 spiro atoms. The number of aromatic nitrogens is 3. The number of hydrogen-bond acceptors (Lipinski definition) is 3. The van der Waals surface area contributed by atoms with Gasteiger partial charge in [-0.1, -0.05) is 26.2 Å². The third-order valence-electron chi connectivity index (χ3n) is 3.26. The third-order valence-corrected chi connectivity index (χ3v) is 3.26. The monoisotopic (exact) mass is 194 g/mol. The SMILES string of the molecule is CC1CCCCC1Cn1cnc(N)n1. The number of rotatable bonds is 2. The Labute approximate surface area is 84.5 Å². The van der Waals surface area contributed by atoms with Gasteiger partial charge in [-0.05, 0) is 18.3 Å². The van der Waals surface area contributed by atoms with Crippen molar-refractivity contribution in [3.8, 4) is 0 Å². The molecule has 4 heteroatoms. The molecule has 0 aromatic carbocycles. The van der Waals surface area contributed by atoms with Crippen LogP contribution in [0.1, 0.15) is 32.6 Å². The Morgan fingerprint density at radius 2 is 2.29 bits per heavy atom. The van der Waals surface area contributed by atoms with Crippen LogP contribution < -0.4 is 5.73 Å². The van der Waals surface area contributed by atoms with E-state index in [1.54, 1.807) is 6.33 Å². The van der Waals surface area contributed by atoms with Gasteiger partial charge in [0.25, 0.3) is 0 Å². The van der Waals surface area contributed by atoms with Crippen LogP contribution in [0, 0.1) is 11.8 Å². The van der Waals surface area contributed by atoms with Crippen molar-refractivity contribution >= 4 is 5.95 Å². The molecule has 2 rings (SSSR count). The zero-order valence-corrected chi connectivity index (χ0v) is 8.69. The molecule has 2 atom stereocenters. The zero-order chi connectivity index (χ0) is 9.97. The maximum atomic E-state index is 5.48. The minimum Gasteiger partial charge on any atom is -0.367 e. The lowest BCUT2D eigenvalue weighted by atomic mass is 9.80. The van der Waals surface area contributed by atoms with E-state index in [0.29, 0.717) is 5.95 Å². The summed E-state index contributed by atoms with van der Waals surface area (Å²) in [5, 5.41) is 4.12. The molecule has 0 amide bonds. The molecule has 2 unspecified atom stereocenters. The van der Waals surface area contributed by atoms with Crippen molar-refractivity contribution in [2.45, 2.75) is 39.2 Å². The lowest BCUT2D eigenvalue weighted by Crippen LogP contribution is -2.22. The number of nitrogen functional groups attached to an aromatic ring is 1. The predicted octanol–water partition coefficient (Wildman–Crippen LogP) is 1.69. The topological polar surface area (TPSA) is 56.7 Å². The minimum absolute atomic E-state index is 0.383. The quantitative estimate of drug-likeness (QED) is 0.779. The molecule has 0 bridgehead atoms. The van der Waals surface area contributed by atoms with Gasteiger partial charge in [0.2, 0.25) is 5.95 Å². The van der Waals surface area contributed by atoms with Crippen LogP contribution in [0.2, 0.25) is 0 Å². The van der Waals surface area contributed by atoms with Crippen molar-refractivity contribution < 1.29 is 0 Å². The van der Waals surface area contributed by atoms with Gasteiger partial charge in [0.15, 0.2) is 0 Å². The molecular weight excluding hydrogens is 176 g/mol.